The number of benzene rings is 1. The number of nitrogens with one attached hydrogen (secondary N) is 1. The van der Waals surface area contributed by atoms with Gasteiger partial charge in [0.1, 0.15) is 0 Å². The summed E-state index contributed by atoms with van der Waals surface area (Å²) < 4.78 is 0. The van der Waals surface area contributed by atoms with Crippen LogP contribution in [0.25, 0.3) is 0 Å². The fourth-order valence-corrected chi connectivity index (χ4v) is 2.68. The lowest BCUT2D eigenvalue weighted by Crippen LogP contribution is -2.20. The van der Waals surface area contributed by atoms with Crippen LogP contribution < -0.4 is 5.32 Å². The predicted octanol–water partition coefficient (Wildman–Crippen LogP) is 4.27. The Morgan fingerprint density at radius 2 is 1.94 bits per heavy atom. The van der Waals surface area contributed by atoms with E-state index in [1.165, 1.54) is 25.7 Å². The minimum Gasteiger partial charge on any atom is -0.312 e. The molecule has 0 atom stereocenters. The SMILES string of the molecule is Clc1ccc(Cl)c(CNCC2CCCC2)c1. The second-order valence-corrected chi connectivity index (χ2v) is 5.36. The maximum atomic E-state index is 6.09. The standard InChI is InChI=1S/C13H17Cl2N/c14-12-5-6-13(15)11(7-12)9-16-8-10-3-1-2-4-10/h5-7,10,16H,1-4,8-9H2. The van der Waals surface area contributed by atoms with Crippen molar-refractivity contribution in [2.24, 2.45) is 5.92 Å². The van der Waals surface area contributed by atoms with Crippen molar-refractivity contribution in [1.29, 1.82) is 0 Å². The molecule has 1 fully saturated rings. The van der Waals surface area contributed by atoms with Gasteiger partial charge in [-0.25, -0.2) is 0 Å². The molecule has 0 heterocycles. The van der Waals surface area contributed by atoms with Crippen molar-refractivity contribution in [2.45, 2.75) is 32.2 Å². The molecule has 16 heavy (non-hydrogen) atoms. The second-order valence-electron chi connectivity index (χ2n) is 4.52. The van der Waals surface area contributed by atoms with Gasteiger partial charge < -0.3 is 5.32 Å². The van der Waals surface area contributed by atoms with E-state index in [9.17, 15) is 0 Å². The van der Waals surface area contributed by atoms with Gasteiger partial charge in [0.05, 0.1) is 0 Å². The molecule has 1 nitrogen and oxygen atoms in total. The van der Waals surface area contributed by atoms with Crippen molar-refractivity contribution < 1.29 is 0 Å². The minimum absolute atomic E-state index is 0.752. The van der Waals surface area contributed by atoms with E-state index in [0.29, 0.717) is 0 Å². The molecular formula is C13H17Cl2N. The Morgan fingerprint density at radius 3 is 2.69 bits per heavy atom. The first-order valence-corrected chi connectivity index (χ1v) is 6.66. The van der Waals surface area contributed by atoms with Gasteiger partial charge in [0.15, 0.2) is 0 Å². The number of hydrogen-bond donors (Lipinski definition) is 1. The molecule has 0 unspecified atom stereocenters. The van der Waals surface area contributed by atoms with Crippen LogP contribution in [0.5, 0.6) is 0 Å². The molecule has 1 aromatic carbocycles. The highest BCUT2D eigenvalue weighted by Gasteiger charge is 2.14. The summed E-state index contributed by atoms with van der Waals surface area (Å²) in [6, 6.07) is 5.62. The summed E-state index contributed by atoms with van der Waals surface area (Å²) in [5, 5.41) is 5.02. The minimum atomic E-state index is 0.752. The Bertz CT molecular complexity index is 346. The Kier molecular flexibility index (Phi) is 4.51. The van der Waals surface area contributed by atoms with Gasteiger partial charge in [-0.15, -0.1) is 0 Å². The van der Waals surface area contributed by atoms with Crippen LogP contribution in [0.1, 0.15) is 31.2 Å². The lowest BCUT2D eigenvalue weighted by molar-refractivity contribution is 0.489. The molecule has 2 rings (SSSR count). The zero-order valence-electron chi connectivity index (χ0n) is 9.31. The fourth-order valence-electron chi connectivity index (χ4n) is 2.30. The zero-order valence-corrected chi connectivity index (χ0v) is 10.8. The molecule has 0 amide bonds. The summed E-state index contributed by atoms with van der Waals surface area (Å²) in [5.74, 6) is 0.859. The molecule has 1 aliphatic rings. The Labute approximate surface area is 107 Å². The normalized spacial score (nSPS) is 16.9. The van der Waals surface area contributed by atoms with Gasteiger partial charge in [0.25, 0.3) is 0 Å². The predicted molar refractivity (Wildman–Crippen MR) is 70.1 cm³/mol. The van der Waals surface area contributed by atoms with Crippen LogP contribution >= 0.6 is 23.2 Å². The lowest BCUT2D eigenvalue weighted by atomic mass is 10.1. The van der Waals surface area contributed by atoms with Gasteiger partial charge in [-0.2, -0.15) is 0 Å². The van der Waals surface area contributed by atoms with Crippen molar-refractivity contribution in [3.8, 4) is 0 Å². The first-order chi connectivity index (χ1) is 7.75. The van der Waals surface area contributed by atoms with E-state index in [4.69, 9.17) is 23.2 Å². The van der Waals surface area contributed by atoms with Gasteiger partial charge >= 0.3 is 0 Å². The monoisotopic (exact) mass is 257 g/mol. The third kappa shape index (κ3) is 3.38. The quantitative estimate of drug-likeness (QED) is 0.850. The maximum Gasteiger partial charge on any atom is 0.0451 e. The fraction of sp³-hybridized carbons (Fsp3) is 0.538. The van der Waals surface area contributed by atoms with Gasteiger partial charge in [0.2, 0.25) is 0 Å². The molecule has 1 N–H and O–H groups in total. The van der Waals surface area contributed by atoms with Crippen molar-refractivity contribution in [3.05, 3.63) is 33.8 Å². The summed E-state index contributed by atoms with van der Waals surface area (Å²) in [5.41, 5.74) is 1.09. The average Bonchev–Trinajstić information content (AvgIpc) is 2.76. The van der Waals surface area contributed by atoms with Crippen molar-refractivity contribution in [3.63, 3.8) is 0 Å². The molecule has 1 aromatic rings. The van der Waals surface area contributed by atoms with E-state index in [1.54, 1.807) is 0 Å². The van der Waals surface area contributed by atoms with Crippen LogP contribution in [0, 0.1) is 5.92 Å². The highest BCUT2D eigenvalue weighted by atomic mass is 35.5. The van der Waals surface area contributed by atoms with Crippen molar-refractivity contribution >= 4 is 23.2 Å². The Balaban J connectivity index is 1.82. The highest BCUT2D eigenvalue weighted by molar-refractivity contribution is 6.33. The summed E-state index contributed by atoms with van der Waals surface area (Å²) in [6.45, 7) is 1.92. The van der Waals surface area contributed by atoms with Crippen LogP contribution in [0.3, 0.4) is 0 Å². The van der Waals surface area contributed by atoms with Gasteiger partial charge in [0, 0.05) is 16.6 Å². The van der Waals surface area contributed by atoms with Crippen LogP contribution in [0.2, 0.25) is 10.0 Å². The van der Waals surface area contributed by atoms with Gasteiger partial charge in [-0.05, 0) is 49.1 Å². The molecule has 0 radical (unpaired) electrons. The van der Waals surface area contributed by atoms with E-state index in [-0.39, 0.29) is 0 Å². The maximum absolute atomic E-state index is 6.09. The zero-order chi connectivity index (χ0) is 11.4. The summed E-state index contributed by atoms with van der Waals surface area (Å²) in [6.07, 6.45) is 5.53. The Hall–Kier alpha value is -0.240. The van der Waals surface area contributed by atoms with E-state index >= 15 is 0 Å². The topological polar surface area (TPSA) is 12.0 Å². The number of halogens is 2. The van der Waals surface area contributed by atoms with Crippen LogP contribution in [0.4, 0.5) is 0 Å². The van der Waals surface area contributed by atoms with E-state index in [2.05, 4.69) is 5.32 Å². The molecule has 1 saturated carbocycles. The summed E-state index contributed by atoms with van der Waals surface area (Å²) in [7, 11) is 0. The molecule has 0 bridgehead atoms. The van der Waals surface area contributed by atoms with E-state index in [0.717, 1.165) is 34.6 Å². The number of rotatable bonds is 4. The van der Waals surface area contributed by atoms with Gasteiger partial charge in [-0.1, -0.05) is 36.0 Å². The van der Waals surface area contributed by atoms with Crippen LogP contribution in [0.15, 0.2) is 18.2 Å². The molecule has 0 saturated heterocycles. The average molecular weight is 258 g/mol. The number of hydrogen-bond acceptors (Lipinski definition) is 1. The molecule has 0 aromatic heterocycles. The van der Waals surface area contributed by atoms with Gasteiger partial charge in [-0.3, -0.25) is 0 Å². The molecule has 1 aliphatic carbocycles. The molecule has 0 aliphatic heterocycles. The Morgan fingerprint density at radius 1 is 1.19 bits per heavy atom. The molecular weight excluding hydrogens is 241 g/mol. The summed E-state index contributed by atoms with van der Waals surface area (Å²) >= 11 is 12.0. The first kappa shape index (κ1) is 12.2. The largest absolute Gasteiger partial charge is 0.312 e. The third-order valence-electron chi connectivity index (χ3n) is 3.23. The third-order valence-corrected chi connectivity index (χ3v) is 3.83. The van der Waals surface area contributed by atoms with Crippen molar-refractivity contribution in [1.82, 2.24) is 5.32 Å². The summed E-state index contributed by atoms with van der Waals surface area (Å²) in [4.78, 5) is 0. The first-order valence-electron chi connectivity index (χ1n) is 5.90. The van der Waals surface area contributed by atoms with Crippen molar-refractivity contribution in [2.75, 3.05) is 6.54 Å². The molecule has 0 spiro atoms. The van der Waals surface area contributed by atoms with E-state index < -0.39 is 0 Å². The highest BCUT2D eigenvalue weighted by Crippen LogP contribution is 2.24. The smallest absolute Gasteiger partial charge is 0.0451 e. The lowest BCUT2D eigenvalue weighted by Gasteiger charge is -2.11. The van der Waals surface area contributed by atoms with E-state index in [1.807, 2.05) is 18.2 Å². The molecule has 88 valence electrons. The molecule has 3 heteroatoms. The second kappa shape index (κ2) is 5.90. The van der Waals surface area contributed by atoms with Crippen LogP contribution in [-0.2, 0) is 6.54 Å². The van der Waals surface area contributed by atoms with Crippen LogP contribution in [-0.4, -0.2) is 6.54 Å².